The van der Waals surface area contributed by atoms with E-state index in [9.17, 15) is 9.90 Å². The number of ether oxygens (including phenoxy) is 1. The van der Waals surface area contributed by atoms with Crippen molar-refractivity contribution in [1.29, 1.82) is 0 Å². The molecule has 5 heteroatoms. The van der Waals surface area contributed by atoms with E-state index in [0.29, 0.717) is 11.6 Å². The van der Waals surface area contributed by atoms with Crippen LogP contribution in [0.3, 0.4) is 0 Å². The number of anilines is 1. The molecule has 2 N–H and O–H groups in total. The number of allylic oxidation sites excluding steroid dienone is 1. The van der Waals surface area contributed by atoms with Crippen molar-refractivity contribution < 1.29 is 14.6 Å². The fraction of sp³-hybridized carbons (Fsp3) is 0.391. The largest absolute Gasteiger partial charge is 0.494 e. The molecule has 2 aromatic rings. The zero-order valence-corrected chi connectivity index (χ0v) is 15.9. The molecule has 1 fully saturated rings. The SMILES string of the molecule is O=C(O)c1ccncc1N/C=C/C1CCCc2cc(OCCC3CC3)ccc21. The van der Waals surface area contributed by atoms with Crippen molar-refractivity contribution in [1.82, 2.24) is 4.98 Å². The molecule has 1 atom stereocenters. The second-order valence-corrected chi connectivity index (χ2v) is 7.67. The maximum Gasteiger partial charge on any atom is 0.337 e. The molecule has 2 aliphatic carbocycles. The summed E-state index contributed by atoms with van der Waals surface area (Å²) < 4.78 is 5.94. The van der Waals surface area contributed by atoms with Crippen LogP contribution in [0.2, 0.25) is 0 Å². The lowest BCUT2D eigenvalue weighted by Crippen LogP contribution is -2.09. The minimum Gasteiger partial charge on any atom is -0.494 e. The lowest BCUT2D eigenvalue weighted by molar-refractivity contribution is 0.0698. The number of pyridine rings is 1. The Morgan fingerprint density at radius 3 is 3.00 bits per heavy atom. The summed E-state index contributed by atoms with van der Waals surface area (Å²) in [6.07, 6.45) is 14.2. The molecule has 2 aliphatic rings. The van der Waals surface area contributed by atoms with Gasteiger partial charge in [-0.15, -0.1) is 0 Å². The van der Waals surface area contributed by atoms with Crippen LogP contribution in [0.1, 0.15) is 59.5 Å². The van der Waals surface area contributed by atoms with E-state index in [0.717, 1.165) is 37.5 Å². The Morgan fingerprint density at radius 1 is 1.29 bits per heavy atom. The maximum absolute atomic E-state index is 11.3. The number of nitrogens with zero attached hydrogens (tertiary/aromatic N) is 1. The molecule has 28 heavy (non-hydrogen) atoms. The lowest BCUT2D eigenvalue weighted by atomic mass is 9.83. The van der Waals surface area contributed by atoms with Gasteiger partial charge in [-0.1, -0.05) is 25.0 Å². The molecule has 0 amide bonds. The van der Waals surface area contributed by atoms with Crippen LogP contribution in [-0.2, 0) is 6.42 Å². The summed E-state index contributed by atoms with van der Waals surface area (Å²) in [5.74, 6) is 1.22. The second kappa shape index (κ2) is 8.46. The molecular formula is C23H26N2O3. The highest BCUT2D eigenvalue weighted by molar-refractivity contribution is 5.94. The molecule has 0 saturated heterocycles. The van der Waals surface area contributed by atoms with E-state index >= 15 is 0 Å². The van der Waals surface area contributed by atoms with E-state index in [1.54, 1.807) is 0 Å². The summed E-state index contributed by atoms with van der Waals surface area (Å²) in [4.78, 5) is 15.3. The van der Waals surface area contributed by atoms with E-state index in [2.05, 4.69) is 34.6 Å². The third kappa shape index (κ3) is 4.53. The van der Waals surface area contributed by atoms with E-state index < -0.39 is 5.97 Å². The quantitative estimate of drug-likeness (QED) is 0.676. The number of aromatic nitrogens is 1. The van der Waals surface area contributed by atoms with Crippen molar-refractivity contribution in [2.75, 3.05) is 11.9 Å². The Hall–Kier alpha value is -2.82. The summed E-state index contributed by atoms with van der Waals surface area (Å²) in [5.41, 5.74) is 3.42. The van der Waals surface area contributed by atoms with Crippen LogP contribution in [-0.4, -0.2) is 22.7 Å². The van der Waals surface area contributed by atoms with Gasteiger partial charge in [-0.2, -0.15) is 0 Å². The predicted octanol–water partition coefficient (Wildman–Crippen LogP) is 5.00. The number of fused-ring (bicyclic) bond motifs is 1. The van der Waals surface area contributed by atoms with E-state index in [-0.39, 0.29) is 5.56 Å². The molecule has 1 saturated carbocycles. The average Bonchev–Trinajstić information content (AvgIpc) is 3.52. The first kappa shape index (κ1) is 18.5. The van der Waals surface area contributed by atoms with Crippen molar-refractivity contribution in [2.45, 2.75) is 44.4 Å². The van der Waals surface area contributed by atoms with Gasteiger partial charge in [0.1, 0.15) is 5.75 Å². The molecule has 0 radical (unpaired) electrons. The Balaban J connectivity index is 1.41. The number of benzene rings is 1. The Labute approximate surface area is 165 Å². The van der Waals surface area contributed by atoms with Crippen molar-refractivity contribution in [3.05, 3.63) is 65.6 Å². The minimum atomic E-state index is -0.962. The number of aryl methyl sites for hydroxylation is 1. The number of carboxylic acid groups (broad SMARTS) is 1. The van der Waals surface area contributed by atoms with E-state index in [1.165, 1.54) is 48.8 Å². The zero-order valence-electron chi connectivity index (χ0n) is 15.9. The summed E-state index contributed by atoms with van der Waals surface area (Å²) in [7, 11) is 0. The fourth-order valence-corrected chi connectivity index (χ4v) is 3.82. The second-order valence-electron chi connectivity index (χ2n) is 7.67. The highest BCUT2D eigenvalue weighted by Gasteiger charge is 2.21. The molecule has 1 unspecified atom stereocenters. The summed E-state index contributed by atoms with van der Waals surface area (Å²) in [6.45, 7) is 0.813. The molecule has 5 nitrogen and oxygen atoms in total. The standard InChI is InChI=1S/C23H26N2O3/c26-23(27)21-9-11-24-15-22(21)25-12-8-17-2-1-3-18-14-19(6-7-20(17)18)28-13-10-16-4-5-16/h6-9,11-12,14-17,25H,1-5,10,13H2,(H,26,27)/b12-8+. The first-order valence-electron chi connectivity index (χ1n) is 10.1. The molecular weight excluding hydrogens is 352 g/mol. The van der Waals surface area contributed by atoms with Crippen LogP contribution in [0.15, 0.2) is 48.9 Å². The van der Waals surface area contributed by atoms with Gasteiger partial charge in [-0.05, 0) is 67.1 Å². The zero-order chi connectivity index (χ0) is 19.3. The van der Waals surface area contributed by atoms with Gasteiger partial charge in [-0.3, -0.25) is 4.98 Å². The first-order chi connectivity index (χ1) is 13.7. The van der Waals surface area contributed by atoms with Crippen LogP contribution >= 0.6 is 0 Å². The number of carbonyl (C=O) groups is 1. The number of hydrogen-bond donors (Lipinski definition) is 2. The molecule has 0 aliphatic heterocycles. The smallest absolute Gasteiger partial charge is 0.337 e. The topological polar surface area (TPSA) is 71.5 Å². The molecule has 0 spiro atoms. The van der Waals surface area contributed by atoms with Gasteiger partial charge in [0, 0.05) is 12.1 Å². The molecule has 1 aromatic heterocycles. The third-order valence-corrected chi connectivity index (χ3v) is 5.59. The van der Waals surface area contributed by atoms with E-state index in [1.807, 2.05) is 6.20 Å². The Morgan fingerprint density at radius 2 is 2.18 bits per heavy atom. The van der Waals surface area contributed by atoms with Gasteiger partial charge in [0.15, 0.2) is 0 Å². The normalized spacial score (nSPS) is 18.6. The molecule has 146 valence electrons. The highest BCUT2D eigenvalue weighted by atomic mass is 16.5. The summed E-state index contributed by atoms with van der Waals surface area (Å²) in [6, 6.07) is 7.95. The minimum absolute atomic E-state index is 0.219. The average molecular weight is 378 g/mol. The fourth-order valence-electron chi connectivity index (χ4n) is 3.82. The van der Waals surface area contributed by atoms with Gasteiger partial charge in [0.05, 0.1) is 24.1 Å². The Kier molecular flexibility index (Phi) is 5.60. The van der Waals surface area contributed by atoms with Crippen molar-refractivity contribution in [3.8, 4) is 5.75 Å². The van der Waals surface area contributed by atoms with Crippen molar-refractivity contribution >= 4 is 11.7 Å². The first-order valence-corrected chi connectivity index (χ1v) is 10.1. The number of nitrogens with one attached hydrogen (secondary N) is 1. The van der Waals surface area contributed by atoms with Gasteiger partial charge in [0.25, 0.3) is 0 Å². The van der Waals surface area contributed by atoms with Crippen LogP contribution in [0.5, 0.6) is 5.75 Å². The third-order valence-electron chi connectivity index (χ3n) is 5.59. The lowest BCUT2D eigenvalue weighted by Gasteiger charge is -2.24. The van der Waals surface area contributed by atoms with Gasteiger partial charge in [0.2, 0.25) is 0 Å². The monoisotopic (exact) mass is 378 g/mol. The molecule has 0 bridgehead atoms. The molecule has 1 heterocycles. The summed E-state index contributed by atoms with van der Waals surface area (Å²) >= 11 is 0. The number of hydrogen-bond acceptors (Lipinski definition) is 4. The van der Waals surface area contributed by atoms with Crippen LogP contribution < -0.4 is 10.1 Å². The highest BCUT2D eigenvalue weighted by Crippen LogP contribution is 2.35. The van der Waals surface area contributed by atoms with Gasteiger partial charge < -0.3 is 15.2 Å². The van der Waals surface area contributed by atoms with Gasteiger partial charge >= 0.3 is 5.97 Å². The number of rotatable bonds is 8. The molecule has 4 rings (SSSR count). The van der Waals surface area contributed by atoms with Crippen LogP contribution in [0.4, 0.5) is 5.69 Å². The van der Waals surface area contributed by atoms with E-state index in [4.69, 9.17) is 4.74 Å². The Bertz CT molecular complexity index is 874. The van der Waals surface area contributed by atoms with Crippen LogP contribution in [0.25, 0.3) is 0 Å². The summed E-state index contributed by atoms with van der Waals surface area (Å²) in [5, 5.41) is 12.3. The predicted molar refractivity (Wildman–Crippen MR) is 109 cm³/mol. The van der Waals surface area contributed by atoms with Crippen LogP contribution in [0, 0.1) is 5.92 Å². The molecule has 1 aromatic carbocycles. The number of carboxylic acids is 1. The number of aromatic carboxylic acids is 1. The van der Waals surface area contributed by atoms with Crippen molar-refractivity contribution in [2.24, 2.45) is 5.92 Å². The van der Waals surface area contributed by atoms with Crippen molar-refractivity contribution in [3.63, 3.8) is 0 Å². The van der Waals surface area contributed by atoms with Gasteiger partial charge in [-0.25, -0.2) is 4.79 Å². The maximum atomic E-state index is 11.3.